The van der Waals surface area contributed by atoms with E-state index in [-0.39, 0.29) is 16.2 Å². The molecule has 0 bridgehead atoms. The van der Waals surface area contributed by atoms with E-state index in [1.54, 1.807) is 24.3 Å². The highest BCUT2D eigenvalue weighted by Gasteiger charge is 2.32. The molecule has 3 aromatic carbocycles. The van der Waals surface area contributed by atoms with E-state index in [4.69, 9.17) is 9.47 Å². The molecule has 0 fully saturated rings. The molecule has 0 saturated carbocycles. The Balaban J connectivity index is 1.55. The molecule has 0 saturated heterocycles. The number of methoxy groups -OCH3 is 1. The van der Waals surface area contributed by atoms with Crippen LogP contribution in [0.3, 0.4) is 0 Å². The van der Waals surface area contributed by atoms with Gasteiger partial charge in [-0.1, -0.05) is 35.9 Å². The number of benzene rings is 3. The van der Waals surface area contributed by atoms with Crippen molar-refractivity contribution in [3.05, 3.63) is 83.4 Å². The van der Waals surface area contributed by atoms with Crippen LogP contribution in [0.25, 0.3) is 0 Å². The number of rotatable bonds is 7. The van der Waals surface area contributed by atoms with Gasteiger partial charge in [0.2, 0.25) is 0 Å². The quantitative estimate of drug-likeness (QED) is 0.499. The van der Waals surface area contributed by atoms with Crippen molar-refractivity contribution in [2.75, 3.05) is 23.3 Å². The Bertz CT molecular complexity index is 1370. The summed E-state index contributed by atoms with van der Waals surface area (Å²) in [6.45, 7) is 3.68. The highest BCUT2D eigenvalue weighted by molar-refractivity contribution is 7.92. The number of carbonyl (C=O) groups is 2. The smallest absolute Gasteiger partial charge is 0.342 e. The number of carbonyl (C=O) groups excluding carboxylic acids is 2. The second kappa shape index (κ2) is 9.79. The lowest BCUT2D eigenvalue weighted by Gasteiger charge is -2.20. The van der Waals surface area contributed by atoms with Crippen LogP contribution < -0.4 is 14.4 Å². The Hall–Kier alpha value is -3.85. The summed E-state index contributed by atoms with van der Waals surface area (Å²) >= 11 is 0. The zero-order valence-corrected chi connectivity index (χ0v) is 20.5. The van der Waals surface area contributed by atoms with Gasteiger partial charge in [-0.3, -0.25) is 9.10 Å². The van der Waals surface area contributed by atoms with Crippen molar-refractivity contribution in [3.8, 4) is 5.75 Å². The molecular weight excluding hydrogens is 468 g/mol. The minimum Gasteiger partial charge on any atom is -0.496 e. The van der Waals surface area contributed by atoms with Gasteiger partial charge in [-0.15, -0.1) is 0 Å². The first kappa shape index (κ1) is 24.3. The van der Waals surface area contributed by atoms with Gasteiger partial charge in [-0.05, 0) is 62.2 Å². The standard InChI is InChI=1S/C26H26N2O6S/c1-17-8-10-20(11-9-17)27-25(29)18(2)34-26(30)22-16-21(12-13-24(22)33-3)35(31,32)28-15-14-19-6-4-5-7-23(19)28/h4-13,16,18H,14-15H2,1-3H3,(H,27,29)/t18-/m0/s1. The van der Waals surface area contributed by atoms with Crippen molar-refractivity contribution in [2.24, 2.45) is 0 Å². The van der Waals surface area contributed by atoms with Gasteiger partial charge in [-0.2, -0.15) is 0 Å². The molecule has 0 aliphatic carbocycles. The van der Waals surface area contributed by atoms with Crippen LogP contribution in [-0.2, 0) is 26.0 Å². The summed E-state index contributed by atoms with van der Waals surface area (Å²) in [5.41, 5.74) is 3.09. The molecule has 0 radical (unpaired) electrons. The molecule has 4 rings (SSSR count). The molecular formula is C26H26N2O6S. The second-order valence-electron chi connectivity index (χ2n) is 8.22. The largest absolute Gasteiger partial charge is 0.496 e. The number of amides is 1. The first-order valence-electron chi connectivity index (χ1n) is 11.1. The molecule has 35 heavy (non-hydrogen) atoms. The monoisotopic (exact) mass is 494 g/mol. The van der Waals surface area contributed by atoms with E-state index in [9.17, 15) is 18.0 Å². The average Bonchev–Trinajstić information content (AvgIpc) is 3.30. The minimum absolute atomic E-state index is 0.0706. The van der Waals surface area contributed by atoms with Crippen molar-refractivity contribution in [3.63, 3.8) is 0 Å². The Morgan fingerprint density at radius 3 is 2.46 bits per heavy atom. The number of nitrogens with zero attached hydrogens (tertiary/aromatic N) is 1. The van der Waals surface area contributed by atoms with Gasteiger partial charge < -0.3 is 14.8 Å². The molecule has 1 N–H and O–H groups in total. The maximum Gasteiger partial charge on any atom is 0.342 e. The van der Waals surface area contributed by atoms with Crippen LogP contribution in [-0.4, -0.2) is 40.1 Å². The number of ether oxygens (including phenoxy) is 2. The van der Waals surface area contributed by atoms with Gasteiger partial charge in [0.1, 0.15) is 11.3 Å². The molecule has 1 aliphatic rings. The van der Waals surface area contributed by atoms with Crippen molar-refractivity contribution in [1.82, 2.24) is 0 Å². The van der Waals surface area contributed by atoms with Crippen LogP contribution in [0.4, 0.5) is 11.4 Å². The van der Waals surface area contributed by atoms with Crippen molar-refractivity contribution >= 4 is 33.3 Å². The molecule has 1 aliphatic heterocycles. The van der Waals surface area contributed by atoms with Crippen LogP contribution in [0.1, 0.15) is 28.4 Å². The van der Waals surface area contributed by atoms with Crippen molar-refractivity contribution in [2.45, 2.75) is 31.3 Å². The summed E-state index contributed by atoms with van der Waals surface area (Å²) in [5, 5.41) is 2.69. The fourth-order valence-electron chi connectivity index (χ4n) is 3.85. The number of hydrogen-bond acceptors (Lipinski definition) is 6. The van der Waals surface area contributed by atoms with Crippen LogP contribution in [0.15, 0.2) is 71.6 Å². The highest BCUT2D eigenvalue weighted by Crippen LogP contribution is 2.34. The van der Waals surface area contributed by atoms with Crippen molar-refractivity contribution in [1.29, 1.82) is 0 Å². The second-order valence-corrected chi connectivity index (χ2v) is 10.1. The average molecular weight is 495 g/mol. The first-order chi connectivity index (χ1) is 16.7. The summed E-state index contributed by atoms with van der Waals surface area (Å²) in [4.78, 5) is 25.4. The van der Waals surface area contributed by atoms with Gasteiger partial charge in [0.05, 0.1) is 17.7 Å². The third-order valence-corrected chi connectivity index (χ3v) is 7.60. The van der Waals surface area contributed by atoms with Crippen LogP contribution in [0.5, 0.6) is 5.75 Å². The van der Waals surface area contributed by atoms with Gasteiger partial charge in [-0.25, -0.2) is 13.2 Å². The van der Waals surface area contributed by atoms with E-state index in [0.717, 1.165) is 11.1 Å². The molecule has 8 nitrogen and oxygen atoms in total. The zero-order valence-electron chi connectivity index (χ0n) is 19.6. The van der Waals surface area contributed by atoms with Gasteiger partial charge in [0, 0.05) is 12.2 Å². The molecule has 0 aromatic heterocycles. The number of esters is 1. The Morgan fingerprint density at radius 1 is 1.03 bits per heavy atom. The lowest BCUT2D eigenvalue weighted by molar-refractivity contribution is -0.123. The van der Waals surface area contributed by atoms with Crippen LogP contribution in [0, 0.1) is 6.92 Å². The molecule has 0 spiro atoms. The van der Waals surface area contributed by atoms with Crippen LogP contribution in [0.2, 0.25) is 0 Å². The lowest BCUT2D eigenvalue weighted by atomic mass is 10.2. The molecule has 9 heteroatoms. The SMILES string of the molecule is COc1ccc(S(=O)(=O)N2CCc3ccccc32)cc1C(=O)O[C@@H](C)C(=O)Nc1ccc(C)cc1. The highest BCUT2D eigenvalue weighted by atomic mass is 32.2. The topological polar surface area (TPSA) is 102 Å². The number of nitrogens with one attached hydrogen (secondary N) is 1. The lowest BCUT2D eigenvalue weighted by Crippen LogP contribution is -2.31. The van der Waals surface area contributed by atoms with E-state index < -0.39 is 28.0 Å². The van der Waals surface area contributed by atoms with E-state index >= 15 is 0 Å². The first-order valence-corrected chi connectivity index (χ1v) is 12.5. The fraction of sp³-hybridized carbons (Fsp3) is 0.231. The summed E-state index contributed by atoms with van der Waals surface area (Å²) in [5.74, 6) is -1.24. The van der Waals surface area contributed by atoms with E-state index in [0.29, 0.717) is 24.3 Å². The van der Waals surface area contributed by atoms with E-state index in [2.05, 4.69) is 5.32 Å². The maximum absolute atomic E-state index is 13.4. The minimum atomic E-state index is -3.93. The normalized spacial score (nSPS) is 13.6. The molecule has 182 valence electrons. The molecule has 1 atom stereocenters. The van der Waals surface area contributed by atoms with E-state index in [1.807, 2.05) is 31.2 Å². The zero-order chi connectivity index (χ0) is 25.2. The number of para-hydroxylation sites is 1. The third-order valence-electron chi connectivity index (χ3n) is 5.80. The summed E-state index contributed by atoms with van der Waals surface area (Å²) in [6, 6.07) is 18.5. The Morgan fingerprint density at radius 2 is 1.74 bits per heavy atom. The summed E-state index contributed by atoms with van der Waals surface area (Å²) in [6.07, 6.45) is -0.520. The predicted octanol–water partition coefficient (Wildman–Crippen LogP) is 3.94. The number of anilines is 2. The third kappa shape index (κ3) is 5.00. The fourth-order valence-corrected chi connectivity index (χ4v) is 5.38. The molecule has 1 amide bonds. The van der Waals surface area contributed by atoms with Gasteiger partial charge in [0.15, 0.2) is 6.10 Å². The van der Waals surface area contributed by atoms with Gasteiger partial charge >= 0.3 is 5.97 Å². The summed E-state index contributed by atoms with van der Waals surface area (Å²) in [7, 11) is -2.57. The van der Waals surface area contributed by atoms with E-state index in [1.165, 1.54) is 36.5 Å². The predicted molar refractivity (Wildman–Crippen MR) is 132 cm³/mol. The molecule has 3 aromatic rings. The Kier molecular flexibility index (Phi) is 6.79. The molecule has 0 unspecified atom stereocenters. The number of hydrogen-bond donors (Lipinski definition) is 1. The number of aryl methyl sites for hydroxylation is 1. The van der Waals surface area contributed by atoms with Gasteiger partial charge in [0.25, 0.3) is 15.9 Å². The summed E-state index contributed by atoms with van der Waals surface area (Å²) < 4.78 is 38.7. The maximum atomic E-state index is 13.4. The van der Waals surface area contributed by atoms with Crippen LogP contribution >= 0.6 is 0 Å². The molecule has 1 heterocycles. The Labute approximate surface area is 204 Å². The number of fused-ring (bicyclic) bond motifs is 1. The van der Waals surface area contributed by atoms with Crippen molar-refractivity contribution < 1.29 is 27.5 Å². The number of sulfonamides is 1.